The molecule has 1 saturated heterocycles. The fourth-order valence-corrected chi connectivity index (χ4v) is 4.93. The Labute approximate surface area is 160 Å². The van der Waals surface area contributed by atoms with Crippen molar-refractivity contribution in [3.05, 3.63) is 63.1 Å². The van der Waals surface area contributed by atoms with E-state index in [9.17, 15) is 18.5 Å². The van der Waals surface area contributed by atoms with Crippen LogP contribution in [0, 0.1) is 10.1 Å². The zero-order valence-corrected chi connectivity index (χ0v) is 16.2. The maximum atomic E-state index is 12.4. The molecule has 1 aliphatic rings. The summed E-state index contributed by atoms with van der Waals surface area (Å²) >= 11 is 3.39. The number of anilines is 1. The van der Waals surface area contributed by atoms with E-state index in [1.807, 2.05) is 0 Å². The summed E-state index contributed by atoms with van der Waals surface area (Å²) in [4.78, 5) is 12.8. The molecule has 0 bridgehead atoms. The second-order valence-electron chi connectivity index (χ2n) is 6.09. The van der Waals surface area contributed by atoms with Crippen molar-refractivity contribution in [2.24, 2.45) is 0 Å². The Hall–Kier alpha value is -1.97. The van der Waals surface area contributed by atoms with E-state index in [4.69, 9.17) is 0 Å². The molecule has 0 saturated carbocycles. The molecule has 1 fully saturated rings. The predicted octanol–water partition coefficient (Wildman–Crippen LogP) is 3.30. The SMILES string of the molecule is O=[N+]([O-])c1ccc(N2CCC(NS(=O)(=O)c3ccccc3)CC2)c(Br)c1. The predicted molar refractivity (Wildman–Crippen MR) is 103 cm³/mol. The number of hydrogen-bond acceptors (Lipinski definition) is 5. The lowest BCUT2D eigenvalue weighted by Crippen LogP contribution is -2.44. The molecule has 0 aliphatic carbocycles. The Balaban J connectivity index is 1.64. The van der Waals surface area contributed by atoms with E-state index < -0.39 is 14.9 Å². The maximum absolute atomic E-state index is 12.4. The number of sulfonamides is 1. The highest BCUT2D eigenvalue weighted by molar-refractivity contribution is 9.10. The third-order valence-electron chi connectivity index (χ3n) is 4.35. The van der Waals surface area contributed by atoms with Crippen molar-refractivity contribution < 1.29 is 13.3 Å². The van der Waals surface area contributed by atoms with Crippen molar-refractivity contribution in [3.63, 3.8) is 0 Å². The molecular formula is C17H18BrN3O4S. The molecule has 0 radical (unpaired) electrons. The van der Waals surface area contributed by atoms with Crippen molar-refractivity contribution in [3.8, 4) is 0 Å². The molecule has 3 rings (SSSR count). The summed E-state index contributed by atoms with van der Waals surface area (Å²) < 4.78 is 28.3. The van der Waals surface area contributed by atoms with Crippen LogP contribution in [-0.2, 0) is 10.0 Å². The van der Waals surface area contributed by atoms with Gasteiger partial charge in [0, 0.05) is 35.7 Å². The standard InChI is InChI=1S/C17H18BrN3O4S/c18-16-12-14(21(22)23)6-7-17(16)20-10-8-13(9-11-20)19-26(24,25)15-4-2-1-3-5-15/h1-7,12-13,19H,8-11H2. The summed E-state index contributed by atoms with van der Waals surface area (Å²) in [5, 5.41) is 10.8. The van der Waals surface area contributed by atoms with E-state index in [0.717, 1.165) is 5.69 Å². The van der Waals surface area contributed by atoms with Gasteiger partial charge in [-0.2, -0.15) is 0 Å². The van der Waals surface area contributed by atoms with Gasteiger partial charge in [0.25, 0.3) is 5.69 Å². The van der Waals surface area contributed by atoms with Crippen molar-refractivity contribution >= 4 is 37.3 Å². The van der Waals surface area contributed by atoms with Crippen LogP contribution >= 0.6 is 15.9 Å². The first-order valence-corrected chi connectivity index (χ1v) is 10.4. The van der Waals surface area contributed by atoms with Gasteiger partial charge in [-0.3, -0.25) is 10.1 Å². The normalized spacial score (nSPS) is 15.8. The van der Waals surface area contributed by atoms with Crippen LogP contribution in [0.1, 0.15) is 12.8 Å². The van der Waals surface area contributed by atoms with Gasteiger partial charge in [0.15, 0.2) is 0 Å². The monoisotopic (exact) mass is 439 g/mol. The first kappa shape index (κ1) is 18.8. The molecule has 1 aliphatic heterocycles. The molecule has 0 aromatic heterocycles. The van der Waals surface area contributed by atoms with E-state index in [1.54, 1.807) is 36.4 Å². The average molecular weight is 440 g/mol. The fraction of sp³-hybridized carbons (Fsp3) is 0.294. The first-order chi connectivity index (χ1) is 12.4. The van der Waals surface area contributed by atoms with Gasteiger partial charge in [-0.05, 0) is 47.0 Å². The lowest BCUT2D eigenvalue weighted by molar-refractivity contribution is -0.384. The number of rotatable bonds is 5. The quantitative estimate of drug-likeness (QED) is 0.569. The lowest BCUT2D eigenvalue weighted by Gasteiger charge is -2.34. The highest BCUT2D eigenvalue weighted by Gasteiger charge is 2.25. The van der Waals surface area contributed by atoms with Crippen LogP contribution in [0.4, 0.5) is 11.4 Å². The maximum Gasteiger partial charge on any atom is 0.270 e. The summed E-state index contributed by atoms with van der Waals surface area (Å²) in [6.45, 7) is 1.33. The van der Waals surface area contributed by atoms with Gasteiger partial charge in [0.05, 0.1) is 15.5 Å². The third kappa shape index (κ3) is 4.22. The van der Waals surface area contributed by atoms with Crippen LogP contribution in [0.5, 0.6) is 0 Å². The number of non-ortho nitro benzene ring substituents is 1. The van der Waals surface area contributed by atoms with Crippen LogP contribution in [-0.4, -0.2) is 32.5 Å². The zero-order chi connectivity index (χ0) is 18.7. The van der Waals surface area contributed by atoms with Gasteiger partial charge in [0.1, 0.15) is 0 Å². The third-order valence-corrected chi connectivity index (χ3v) is 6.52. The van der Waals surface area contributed by atoms with E-state index in [2.05, 4.69) is 25.6 Å². The van der Waals surface area contributed by atoms with E-state index >= 15 is 0 Å². The van der Waals surface area contributed by atoms with Gasteiger partial charge in [-0.25, -0.2) is 13.1 Å². The highest BCUT2D eigenvalue weighted by Crippen LogP contribution is 2.32. The van der Waals surface area contributed by atoms with Crippen molar-refractivity contribution in [1.29, 1.82) is 0 Å². The summed E-state index contributed by atoms with van der Waals surface area (Å²) in [5.41, 5.74) is 0.908. The van der Waals surface area contributed by atoms with Gasteiger partial charge in [0.2, 0.25) is 10.0 Å². The summed E-state index contributed by atoms with van der Waals surface area (Å²) in [5.74, 6) is 0. The number of nitrogens with zero attached hydrogens (tertiary/aromatic N) is 2. The highest BCUT2D eigenvalue weighted by atomic mass is 79.9. The summed E-state index contributed by atoms with van der Waals surface area (Å²) in [6, 6.07) is 12.9. The Morgan fingerprint density at radius 3 is 2.35 bits per heavy atom. The zero-order valence-electron chi connectivity index (χ0n) is 13.8. The van der Waals surface area contributed by atoms with Crippen LogP contribution in [0.2, 0.25) is 0 Å². The second-order valence-corrected chi connectivity index (χ2v) is 8.66. The molecule has 1 N–H and O–H groups in total. The number of nitro benzene ring substituents is 1. The molecule has 0 spiro atoms. The number of nitro groups is 1. The number of nitrogens with one attached hydrogen (secondary N) is 1. The Kier molecular flexibility index (Phi) is 5.59. The van der Waals surface area contributed by atoms with Gasteiger partial charge in [-0.1, -0.05) is 18.2 Å². The largest absolute Gasteiger partial charge is 0.370 e. The Morgan fingerprint density at radius 2 is 1.77 bits per heavy atom. The molecule has 0 unspecified atom stereocenters. The second kappa shape index (κ2) is 7.73. The molecule has 2 aromatic carbocycles. The minimum atomic E-state index is -3.52. The van der Waals surface area contributed by atoms with E-state index in [1.165, 1.54) is 12.1 Å². The topological polar surface area (TPSA) is 92.6 Å². The molecule has 7 nitrogen and oxygen atoms in total. The Morgan fingerprint density at radius 1 is 1.12 bits per heavy atom. The first-order valence-electron chi connectivity index (χ1n) is 8.13. The molecule has 138 valence electrons. The van der Waals surface area contributed by atoms with Gasteiger partial charge in [-0.15, -0.1) is 0 Å². The molecule has 0 amide bonds. The van der Waals surface area contributed by atoms with Crippen molar-refractivity contribution in [1.82, 2.24) is 4.72 Å². The molecule has 26 heavy (non-hydrogen) atoms. The van der Waals surface area contributed by atoms with Crippen LogP contribution in [0.15, 0.2) is 57.9 Å². The summed E-state index contributed by atoms with van der Waals surface area (Å²) in [7, 11) is -3.52. The molecule has 0 atom stereocenters. The molecule has 9 heteroatoms. The summed E-state index contributed by atoms with van der Waals surface area (Å²) in [6.07, 6.45) is 1.32. The molecular weight excluding hydrogens is 422 g/mol. The molecule has 1 heterocycles. The number of benzene rings is 2. The Bertz CT molecular complexity index is 897. The van der Waals surface area contributed by atoms with Crippen LogP contribution in [0.3, 0.4) is 0 Å². The van der Waals surface area contributed by atoms with Crippen molar-refractivity contribution in [2.75, 3.05) is 18.0 Å². The number of hydrogen-bond donors (Lipinski definition) is 1. The van der Waals surface area contributed by atoms with Gasteiger partial charge < -0.3 is 4.90 Å². The van der Waals surface area contributed by atoms with Gasteiger partial charge >= 0.3 is 0 Å². The van der Waals surface area contributed by atoms with E-state index in [0.29, 0.717) is 30.4 Å². The smallest absolute Gasteiger partial charge is 0.270 e. The molecule has 2 aromatic rings. The minimum absolute atomic E-state index is 0.0335. The minimum Gasteiger partial charge on any atom is -0.370 e. The van der Waals surface area contributed by atoms with Crippen molar-refractivity contribution in [2.45, 2.75) is 23.8 Å². The van der Waals surface area contributed by atoms with Crippen LogP contribution < -0.4 is 9.62 Å². The average Bonchev–Trinajstić information content (AvgIpc) is 2.63. The van der Waals surface area contributed by atoms with E-state index in [-0.39, 0.29) is 16.6 Å². The fourth-order valence-electron chi connectivity index (χ4n) is 2.99. The number of halogens is 1. The number of piperidine rings is 1. The lowest BCUT2D eigenvalue weighted by atomic mass is 10.1. The van der Waals surface area contributed by atoms with Crippen LogP contribution in [0.25, 0.3) is 0 Å².